The van der Waals surface area contributed by atoms with Crippen LogP contribution < -0.4 is 4.74 Å². The SMILES string of the molecule is CC1(c2ccccc2)c2cc(S)ccc2Oc2ccc(S)cc21. The van der Waals surface area contributed by atoms with Crippen LogP contribution in [0.1, 0.15) is 23.6 Å². The van der Waals surface area contributed by atoms with E-state index < -0.39 is 0 Å². The molecular formula is C20H16OS2. The minimum absolute atomic E-state index is 0.304. The van der Waals surface area contributed by atoms with Crippen molar-refractivity contribution in [2.45, 2.75) is 22.1 Å². The van der Waals surface area contributed by atoms with Crippen LogP contribution in [0.25, 0.3) is 0 Å². The third-order valence-electron chi connectivity index (χ3n) is 4.57. The quantitative estimate of drug-likeness (QED) is 0.540. The molecule has 0 saturated heterocycles. The average Bonchev–Trinajstić information content (AvgIpc) is 2.57. The Morgan fingerprint density at radius 1 is 0.739 bits per heavy atom. The molecule has 0 aliphatic carbocycles. The van der Waals surface area contributed by atoms with Crippen LogP contribution in [0.5, 0.6) is 11.5 Å². The summed E-state index contributed by atoms with van der Waals surface area (Å²) >= 11 is 9.06. The molecule has 1 aliphatic heterocycles. The number of hydrogen-bond acceptors (Lipinski definition) is 3. The molecule has 0 aromatic heterocycles. The number of fused-ring (bicyclic) bond motifs is 2. The van der Waals surface area contributed by atoms with Gasteiger partial charge in [-0.25, -0.2) is 0 Å². The maximum Gasteiger partial charge on any atom is 0.131 e. The van der Waals surface area contributed by atoms with Crippen LogP contribution in [0.2, 0.25) is 0 Å². The van der Waals surface area contributed by atoms with Gasteiger partial charge in [-0.3, -0.25) is 0 Å². The molecule has 23 heavy (non-hydrogen) atoms. The zero-order chi connectivity index (χ0) is 16.0. The Labute approximate surface area is 147 Å². The summed E-state index contributed by atoms with van der Waals surface area (Å²) < 4.78 is 6.14. The summed E-state index contributed by atoms with van der Waals surface area (Å²) in [6.07, 6.45) is 0. The van der Waals surface area contributed by atoms with Gasteiger partial charge >= 0.3 is 0 Å². The molecular weight excluding hydrogens is 320 g/mol. The van der Waals surface area contributed by atoms with Crippen molar-refractivity contribution in [1.82, 2.24) is 0 Å². The molecule has 0 spiro atoms. The highest BCUT2D eigenvalue weighted by atomic mass is 32.1. The Morgan fingerprint density at radius 2 is 1.26 bits per heavy atom. The Hall–Kier alpha value is -1.84. The van der Waals surface area contributed by atoms with Crippen LogP contribution in [0.3, 0.4) is 0 Å². The van der Waals surface area contributed by atoms with Crippen molar-refractivity contribution in [3.8, 4) is 11.5 Å². The summed E-state index contributed by atoms with van der Waals surface area (Å²) in [6.45, 7) is 2.24. The summed E-state index contributed by atoms with van der Waals surface area (Å²) in [5, 5.41) is 0. The second-order valence-electron chi connectivity index (χ2n) is 5.95. The van der Waals surface area contributed by atoms with Gasteiger partial charge in [0.05, 0.1) is 0 Å². The molecule has 1 heterocycles. The molecule has 3 heteroatoms. The zero-order valence-electron chi connectivity index (χ0n) is 12.7. The van der Waals surface area contributed by atoms with E-state index in [1.165, 1.54) is 5.56 Å². The zero-order valence-corrected chi connectivity index (χ0v) is 14.4. The first-order valence-electron chi connectivity index (χ1n) is 7.49. The van der Waals surface area contributed by atoms with Crippen molar-refractivity contribution in [2.75, 3.05) is 0 Å². The van der Waals surface area contributed by atoms with Gasteiger partial charge in [0.1, 0.15) is 11.5 Å². The highest BCUT2D eigenvalue weighted by Crippen LogP contribution is 2.52. The van der Waals surface area contributed by atoms with Crippen molar-refractivity contribution in [2.24, 2.45) is 0 Å². The predicted molar refractivity (Wildman–Crippen MR) is 99.5 cm³/mol. The van der Waals surface area contributed by atoms with Gasteiger partial charge in [-0.1, -0.05) is 30.3 Å². The summed E-state index contributed by atoms with van der Waals surface area (Å²) in [7, 11) is 0. The van der Waals surface area contributed by atoms with Crippen molar-refractivity contribution in [3.63, 3.8) is 0 Å². The highest BCUT2D eigenvalue weighted by molar-refractivity contribution is 7.80. The van der Waals surface area contributed by atoms with Gasteiger partial charge in [-0.2, -0.15) is 0 Å². The van der Waals surface area contributed by atoms with Crippen LogP contribution in [-0.4, -0.2) is 0 Å². The molecule has 4 rings (SSSR count). The largest absolute Gasteiger partial charge is 0.457 e. The number of ether oxygens (including phenoxy) is 1. The van der Waals surface area contributed by atoms with Crippen LogP contribution in [0.4, 0.5) is 0 Å². The molecule has 0 unspecified atom stereocenters. The summed E-state index contributed by atoms with van der Waals surface area (Å²) in [5.74, 6) is 1.77. The Kier molecular flexibility index (Phi) is 3.43. The summed E-state index contributed by atoms with van der Waals surface area (Å²) in [6, 6.07) is 22.6. The van der Waals surface area contributed by atoms with Crippen molar-refractivity contribution in [1.29, 1.82) is 0 Å². The Morgan fingerprint density at radius 3 is 1.78 bits per heavy atom. The fourth-order valence-electron chi connectivity index (χ4n) is 3.34. The monoisotopic (exact) mass is 336 g/mol. The van der Waals surface area contributed by atoms with E-state index in [9.17, 15) is 0 Å². The van der Waals surface area contributed by atoms with Gasteiger partial charge < -0.3 is 4.74 Å². The normalized spacial score (nSPS) is 14.6. The lowest BCUT2D eigenvalue weighted by molar-refractivity contribution is 0.425. The van der Waals surface area contributed by atoms with Crippen molar-refractivity contribution < 1.29 is 4.74 Å². The van der Waals surface area contributed by atoms with Crippen LogP contribution in [-0.2, 0) is 5.41 Å². The van der Waals surface area contributed by atoms with E-state index in [1.54, 1.807) is 0 Å². The van der Waals surface area contributed by atoms with Crippen LogP contribution in [0.15, 0.2) is 76.5 Å². The summed E-state index contributed by atoms with van der Waals surface area (Å²) in [5.41, 5.74) is 3.18. The van der Waals surface area contributed by atoms with Crippen molar-refractivity contribution in [3.05, 3.63) is 83.4 Å². The fourth-order valence-corrected chi connectivity index (χ4v) is 3.75. The third-order valence-corrected chi connectivity index (χ3v) is 5.13. The second kappa shape index (κ2) is 5.36. The molecule has 0 N–H and O–H groups in total. The lowest BCUT2D eigenvalue weighted by Gasteiger charge is -2.38. The molecule has 1 nitrogen and oxygen atoms in total. The fraction of sp³-hybridized carbons (Fsp3) is 0.100. The highest BCUT2D eigenvalue weighted by Gasteiger charge is 2.39. The number of rotatable bonds is 1. The first-order chi connectivity index (χ1) is 11.1. The molecule has 0 amide bonds. The van der Waals surface area contributed by atoms with Crippen molar-refractivity contribution >= 4 is 25.3 Å². The first-order valence-corrected chi connectivity index (χ1v) is 8.39. The Bertz CT molecular complexity index is 836. The van der Waals surface area contributed by atoms with E-state index in [2.05, 4.69) is 68.6 Å². The molecule has 3 aromatic carbocycles. The van der Waals surface area contributed by atoms with Gasteiger partial charge in [0.2, 0.25) is 0 Å². The van der Waals surface area contributed by atoms with E-state index in [1.807, 2.05) is 30.3 Å². The van der Waals surface area contributed by atoms with Gasteiger partial charge in [-0.05, 0) is 48.9 Å². The molecule has 0 bridgehead atoms. The number of hydrogen-bond donors (Lipinski definition) is 2. The molecule has 114 valence electrons. The number of benzene rings is 3. The molecule has 0 radical (unpaired) electrons. The average molecular weight is 336 g/mol. The predicted octanol–water partition coefficient (Wildman–Crippen LogP) is 5.72. The lowest BCUT2D eigenvalue weighted by Crippen LogP contribution is -2.29. The van der Waals surface area contributed by atoms with Crippen LogP contribution >= 0.6 is 25.3 Å². The lowest BCUT2D eigenvalue weighted by atomic mass is 9.69. The van der Waals surface area contributed by atoms with Gasteiger partial charge in [0.15, 0.2) is 0 Å². The molecule has 0 saturated carbocycles. The van der Waals surface area contributed by atoms with Crippen LogP contribution in [0, 0.1) is 0 Å². The standard InChI is InChI=1S/C20H16OS2/c1-20(13-5-3-2-4-6-13)16-11-14(22)7-9-18(16)21-19-10-8-15(23)12-17(19)20/h2-12,22-23H,1H3. The second-order valence-corrected chi connectivity index (χ2v) is 6.99. The third kappa shape index (κ3) is 2.27. The molecule has 3 aromatic rings. The molecule has 0 fully saturated rings. The first kappa shape index (κ1) is 14.7. The van der Waals surface area contributed by atoms with E-state index >= 15 is 0 Å². The molecule has 1 aliphatic rings. The van der Waals surface area contributed by atoms with E-state index in [-0.39, 0.29) is 5.41 Å². The maximum atomic E-state index is 6.14. The minimum atomic E-state index is -0.304. The van der Waals surface area contributed by atoms with Gasteiger partial charge in [-0.15, -0.1) is 25.3 Å². The topological polar surface area (TPSA) is 9.23 Å². The Balaban J connectivity index is 2.08. The van der Waals surface area contributed by atoms with Gasteiger partial charge in [0, 0.05) is 26.3 Å². The summed E-state index contributed by atoms with van der Waals surface area (Å²) in [4.78, 5) is 1.86. The van der Waals surface area contributed by atoms with Gasteiger partial charge in [0.25, 0.3) is 0 Å². The van der Waals surface area contributed by atoms with E-state index in [0.717, 1.165) is 32.4 Å². The van der Waals surface area contributed by atoms with E-state index in [4.69, 9.17) is 4.74 Å². The smallest absolute Gasteiger partial charge is 0.131 e. The number of thiol groups is 2. The van der Waals surface area contributed by atoms with E-state index in [0.29, 0.717) is 0 Å². The minimum Gasteiger partial charge on any atom is -0.457 e. The molecule has 0 atom stereocenters. The maximum absolute atomic E-state index is 6.14.